The summed E-state index contributed by atoms with van der Waals surface area (Å²) in [6.07, 6.45) is 6.56. The zero-order valence-electron chi connectivity index (χ0n) is 11.6. The van der Waals surface area contributed by atoms with E-state index in [1.54, 1.807) is 12.3 Å². The molecule has 1 N–H and O–H groups in total. The molecule has 4 heteroatoms. The minimum Gasteiger partial charge on any atom is -0.295 e. The number of carbonyl (C=O) groups is 1. The van der Waals surface area contributed by atoms with E-state index in [0.29, 0.717) is 5.95 Å². The molecule has 0 bridgehead atoms. The summed E-state index contributed by atoms with van der Waals surface area (Å²) in [7, 11) is 0. The van der Waals surface area contributed by atoms with Gasteiger partial charge in [-0.05, 0) is 29.7 Å². The number of hydrogen-bond donors (Lipinski definition) is 1. The average molecular weight is 267 g/mol. The van der Waals surface area contributed by atoms with Crippen LogP contribution in [0.1, 0.15) is 30.7 Å². The minimum absolute atomic E-state index is 0.178. The first-order valence-corrected chi connectivity index (χ1v) is 6.55. The molecule has 0 aliphatic rings. The van der Waals surface area contributed by atoms with Crippen LogP contribution < -0.4 is 5.32 Å². The summed E-state index contributed by atoms with van der Waals surface area (Å²) in [5.74, 6) is 0.144. The Hall–Kier alpha value is -2.49. The molecule has 102 valence electrons. The van der Waals surface area contributed by atoms with Gasteiger partial charge in [0.05, 0.1) is 5.69 Å². The van der Waals surface area contributed by atoms with Crippen molar-refractivity contribution in [3.05, 3.63) is 53.3 Å². The van der Waals surface area contributed by atoms with Crippen molar-refractivity contribution in [2.24, 2.45) is 0 Å². The van der Waals surface area contributed by atoms with Gasteiger partial charge in [-0.15, -0.1) is 0 Å². The molecule has 0 saturated heterocycles. The van der Waals surface area contributed by atoms with Crippen LogP contribution in [0.5, 0.6) is 0 Å². The molecule has 0 fully saturated rings. The smallest absolute Gasteiger partial charge is 0.229 e. The van der Waals surface area contributed by atoms with E-state index in [9.17, 15) is 4.79 Å². The molecule has 0 aliphatic carbocycles. The Morgan fingerprint density at radius 1 is 1.25 bits per heavy atom. The first-order chi connectivity index (χ1) is 9.69. The molecule has 2 rings (SSSR count). The monoisotopic (exact) mass is 267 g/mol. The molecule has 1 amide bonds. The van der Waals surface area contributed by atoms with Crippen molar-refractivity contribution < 1.29 is 4.79 Å². The molecule has 2 aromatic rings. The van der Waals surface area contributed by atoms with Crippen LogP contribution in [0.25, 0.3) is 12.2 Å². The maximum Gasteiger partial charge on any atom is 0.229 e. The summed E-state index contributed by atoms with van der Waals surface area (Å²) < 4.78 is 0. The Labute approximate surface area is 118 Å². The molecule has 0 saturated carbocycles. The maximum atomic E-state index is 11.0. The van der Waals surface area contributed by atoms with Crippen LogP contribution in [0.3, 0.4) is 0 Å². The fourth-order valence-corrected chi connectivity index (χ4v) is 1.88. The molecule has 4 nitrogen and oxygen atoms in total. The molecule has 0 spiro atoms. The quantitative estimate of drug-likeness (QED) is 0.925. The Morgan fingerprint density at radius 2 is 2.05 bits per heavy atom. The molecule has 0 radical (unpaired) electrons. The molecular weight excluding hydrogens is 250 g/mol. The number of anilines is 1. The second-order valence-electron chi connectivity index (χ2n) is 4.37. The third kappa shape index (κ3) is 3.75. The normalized spacial score (nSPS) is 10.7. The van der Waals surface area contributed by atoms with Crippen molar-refractivity contribution in [2.75, 3.05) is 5.32 Å². The molecule has 1 aromatic carbocycles. The number of benzene rings is 1. The van der Waals surface area contributed by atoms with Crippen molar-refractivity contribution in [3.63, 3.8) is 0 Å². The zero-order valence-corrected chi connectivity index (χ0v) is 11.6. The highest BCUT2D eigenvalue weighted by molar-refractivity contribution is 5.86. The fourth-order valence-electron chi connectivity index (χ4n) is 1.88. The number of rotatable bonds is 4. The molecule has 1 heterocycles. The highest BCUT2D eigenvalue weighted by Crippen LogP contribution is 2.13. The van der Waals surface area contributed by atoms with Gasteiger partial charge in [-0.3, -0.25) is 10.1 Å². The number of aromatic nitrogens is 2. The third-order valence-corrected chi connectivity index (χ3v) is 2.83. The number of nitrogens with zero attached hydrogens (tertiary/aromatic N) is 2. The second kappa shape index (κ2) is 6.61. The predicted molar refractivity (Wildman–Crippen MR) is 81.1 cm³/mol. The van der Waals surface area contributed by atoms with Gasteiger partial charge in [0.2, 0.25) is 11.9 Å². The topological polar surface area (TPSA) is 54.9 Å². The predicted octanol–water partition coefficient (Wildman–Crippen LogP) is 3.17. The summed E-state index contributed by atoms with van der Waals surface area (Å²) in [5.41, 5.74) is 3.23. The first kappa shape index (κ1) is 13.9. The lowest BCUT2D eigenvalue weighted by Crippen LogP contribution is -2.09. The summed E-state index contributed by atoms with van der Waals surface area (Å²) in [5, 5.41) is 2.57. The van der Waals surface area contributed by atoms with Gasteiger partial charge in [0.1, 0.15) is 0 Å². The lowest BCUT2D eigenvalue weighted by atomic mass is 10.0. The lowest BCUT2D eigenvalue weighted by molar-refractivity contribution is -0.114. The third-order valence-electron chi connectivity index (χ3n) is 2.83. The first-order valence-electron chi connectivity index (χ1n) is 6.55. The highest BCUT2D eigenvalue weighted by atomic mass is 16.1. The van der Waals surface area contributed by atoms with Crippen molar-refractivity contribution in [1.29, 1.82) is 0 Å². The Bertz CT molecular complexity index is 635. The van der Waals surface area contributed by atoms with Crippen LogP contribution in [0.15, 0.2) is 36.5 Å². The van der Waals surface area contributed by atoms with Crippen LogP contribution in [0, 0.1) is 0 Å². The van der Waals surface area contributed by atoms with Crippen molar-refractivity contribution in [1.82, 2.24) is 9.97 Å². The molecule has 0 aliphatic heterocycles. The van der Waals surface area contributed by atoms with Crippen LogP contribution in [0.4, 0.5) is 5.95 Å². The highest BCUT2D eigenvalue weighted by Gasteiger charge is 1.99. The van der Waals surface area contributed by atoms with E-state index in [1.807, 2.05) is 24.3 Å². The van der Waals surface area contributed by atoms with E-state index >= 15 is 0 Å². The number of amides is 1. The van der Waals surface area contributed by atoms with Crippen LogP contribution in [0.2, 0.25) is 0 Å². The standard InChI is InChI=1S/C16H17N3O/c1-3-13-6-4-5-7-14(13)8-9-15-10-11-17-16(19-15)18-12(2)20/h4-11H,3H2,1-2H3,(H,17,18,19,20). The molecule has 20 heavy (non-hydrogen) atoms. The van der Waals surface area contributed by atoms with Crippen molar-refractivity contribution in [2.45, 2.75) is 20.3 Å². The summed E-state index contributed by atoms with van der Waals surface area (Å²) in [4.78, 5) is 19.2. The van der Waals surface area contributed by atoms with E-state index in [0.717, 1.165) is 12.1 Å². The van der Waals surface area contributed by atoms with Gasteiger partial charge >= 0.3 is 0 Å². The van der Waals surface area contributed by atoms with E-state index in [2.05, 4.69) is 34.3 Å². The van der Waals surface area contributed by atoms with E-state index < -0.39 is 0 Å². The Balaban J connectivity index is 2.20. The van der Waals surface area contributed by atoms with Crippen LogP contribution in [-0.4, -0.2) is 15.9 Å². The number of hydrogen-bond acceptors (Lipinski definition) is 3. The molecule has 0 atom stereocenters. The number of nitrogens with one attached hydrogen (secondary N) is 1. The van der Waals surface area contributed by atoms with Gasteiger partial charge in [-0.25, -0.2) is 9.97 Å². The van der Waals surface area contributed by atoms with Gasteiger partial charge in [0.15, 0.2) is 0 Å². The SMILES string of the molecule is CCc1ccccc1C=Cc1ccnc(NC(C)=O)n1. The van der Waals surface area contributed by atoms with Crippen molar-refractivity contribution in [3.8, 4) is 0 Å². The van der Waals surface area contributed by atoms with E-state index in [1.165, 1.54) is 18.1 Å². The Morgan fingerprint density at radius 3 is 2.80 bits per heavy atom. The molecule has 0 unspecified atom stereocenters. The largest absolute Gasteiger partial charge is 0.295 e. The maximum absolute atomic E-state index is 11.0. The average Bonchev–Trinajstić information content (AvgIpc) is 2.45. The summed E-state index contributed by atoms with van der Waals surface area (Å²) in [6.45, 7) is 3.57. The zero-order chi connectivity index (χ0) is 14.4. The fraction of sp³-hybridized carbons (Fsp3) is 0.188. The van der Waals surface area contributed by atoms with Gasteiger partial charge in [-0.1, -0.05) is 37.3 Å². The Kier molecular flexibility index (Phi) is 4.60. The lowest BCUT2D eigenvalue weighted by Gasteiger charge is -2.03. The molecule has 1 aromatic heterocycles. The van der Waals surface area contributed by atoms with Crippen LogP contribution >= 0.6 is 0 Å². The summed E-state index contributed by atoms with van der Waals surface area (Å²) >= 11 is 0. The van der Waals surface area contributed by atoms with Gasteiger partial charge in [0, 0.05) is 13.1 Å². The number of aryl methyl sites for hydroxylation is 1. The summed E-state index contributed by atoms with van der Waals surface area (Å²) in [6, 6.07) is 10.0. The minimum atomic E-state index is -0.178. The van der Waals surface area contributed by atoms with E-state index in [-0.39, 0.29) is 5.91 Å². The number of carbonyl (C=O) groups excluding carboxylic acids is 1. The van der Waals surface area contributed by atoms with Crippen LogP contribution in [-0.2, 0) is 11.2 Å². The van der Waals surface area contributed by atoms with Crippen molar-refractivity contribution >= 4 is 24.0 Å². The van der Waals surface area contributed by atoms with Gasteiger partial charge < -0.3 is 0 Å². The molecular formula is C16H17N3O. The van der Waals surface area contributed by atoms with Gasteiger partial charge in [-0.2, -0.15) is 0 Å². The van der Waals surface area contributed by atoms with Gasteiger partial charge in [0.25, 0.3) is 0 Å². The second-order valence-corrected chi connectivity index (χ2v) is 4.37. The van der Waals surface area contributed by atoms with E-state index in [4.69, 9.17) is 0 Å².